The van der Waals surface area contributed by atoms with Crippen molar-refractivity contribution < 1.29 is 9.18 Å². The number of rotatable bonds is 4. The molecule has 1 fully saturated rings. The lowest BCUT2D eigenvalue weighted by atomic mass is 9.97. The highest BCUT2D eigenvalue weighted by Gasteiger charge is 2.24. The fourth-order valence-corrected chi connectivity index (χ4v) is 3.14. The number of carbonyl (C=O) groups excluding carboxylic acids is 1. The van der Waals surface area contributed by atoms with Crippen LogP contribution in [0.4, 0.5) is 14.9 Å². The van der Waals surface area contributed by atoms with Gasteiger partial charge in [0.25, 0.3) is 0 Å². The molecule has 0 unspecified atom stereocenters. The normalized spacial score (nSPS) is 15.1. The summed E-state index contributed by atoms with van der Waals surface area (Å²) in [5.41, 5.74) is 0.654. The summed E-state index contributed by atoms with van der Waals surface area (Å²) in [6.07, 6.45) is 6.61. The molecule has 4 rings (SSSR count). The predicted octanol–water partition coefficient (Wildman–Crippen LogP) is 1.34. The number of halogens is 1. The van der Waals surface area contributed by atoms with Crippen LogP contribution in [0.5, 0.6) is 0 Å². The van der Waals surface area contributed by atoms with E-state index in [2.05, 4.69) is 31.2 Å². The van der Waals surface area contributed by atoms with Crippen molar-refractivity contribution in [3.8, 4) is 5.69 Å². The molecule has 0 saturated carbocycles. The zero-order valence-corrected chi connectivity index (χ0v) is 14.4. The molecule has 2 amide bonds. The number of nitrogens with zero attached hydrogens (tertiary/aromatic N) is 8. The molecule has 10 nitrogen and oxygen atoms in total. The van der Waals surface area contributed by atoms with E-state index < -0.39 is 5.82 Å². The highest BCUT2D eigenvalue weighted by Crippen LogP contribution is 2.22. The first-order valence-electron chi connectivity index (χ1n) is 8.62. The highest BCUT2D eigenvalue weighted by molar-refractivity contribution is 5.89. The van der Waals surface area contributed by atoms with Crippen LogP contribution in [0.15, 0.2) is 36.9 Å². The van der Waals surface area contributed by atoms with Gasteiger partial charge in [-0.15, -0.1) is 10.2 Å². The number of likely N-dealkylation sites (tertiary alicyclic amines) is 1. The van der Waals surface area contributed by atoms with Gasteiger partial charge in [-0.1, -0.05) is 5.21 Å². The van der Waals surface area contributed by atoms with Gasteiger partial charge in [0.05, 0.1) is 17.6 Å². The van der Waals surface area contributed by atoms with Gasteiger partial charge < -0.3 is 10.2 Å². The third-order valence-electron chi connectivity index (χ3n) is 4.62. The Morgan fingerprint density at radius 2 is 2.07 bits per heavy atom. The second-order valence-electron chi connectivity index (χ2n) is 6.40. The number of aromatic nitrogens is 7. The van der Waals surface area contributed by atoms with Crippen molar-refractivity contribution in [2.75, 3.05) is 18.4 Å². The van der Waals surface area contributed by atoms with E-state index in [1.807, 2.05) is 6.20 Å². The third kappa shape index (κ3) is 3.91. The number of nitrogens with one attached hydrogen (secondary N) is 1. The van der Waals surface area contributed by atoms with Crippen LogP contribution in [-0.2, 0) is 6.54 Å². The van der Waals surface area contributed by atoms with E-state index in [-0.39, 0.29) is 11.7 Å². The lowest BCUT2D eigenvalue weighted by Gasteiger charge is -2.31. The molecule has 1 aliphatic rings. The largest absolute Gasteiger partial charge is 0.325 e. The smallest absolute Gasteiger partial charge is 0.321 e. The molecule has 0 bridgehead atoms. The lowest BCUT2D eigenvalue weighted by Crippen LogP contribution is -2.41. The lowest BCUT2D eigenvalue weighted by molar-refractivity contribution is 0.175. The minimum Gasteiger partial charge on any atom is -0.325 e. The zero-order valence-electron chi connectivity index (χ0n) is 14.4. The van der Waals surface area contributed by atoms with Crippen molar-refractivity contribution in [3.05, 3.63) is 42.7 Å². The molecule has 0 atom stereocenters. The van der Waals surface area contributed by atoms with E-state index >= 15 is 0 Å². The van der Waals surface area contributed by atoms with Crippen LogP contribution in [0.3, 0.4) is 0 Å². The Labute approximate surface area is 154 Å². The molecule has 2 aromatic heterocycles. The average Bonchev–Trinajstić information content (AvgIpc) is 3.38. The molecule has 0 radical (unpaired) electrons. The number of hydrogen-bond donors (Lipinski definition) is 1. The molecule has 0 aliphatic carbocycles. The maximum atomic E-state index is 14.1. The second-order valence-corrected chi connectivity index (χ2v) is 6.40. The molecular weight excluding hydrogens is 353 g/mol. The number of amides is 2. The van der Waals surface area contributed by atoms with E-state index in [1.165, 1.54) is 29.2 Å². The van der Waals surface area contributed by atoms with Gasteiger partial charge in [0.1, 0.15) is 12.1 Å². The fourth-order valence-electron chi connectivity index (χ4n) is 3.14. The van der Waals surface area contributed by atoms with Gasteiger partial charge in [0.15, 0.2) is 0 Å². The first-order valence-corrected chi connectivity index (χ1v) is 8.62. The van der Waals surface area contributed by atoms with Crippen LogP contribution in [0.1, 0.15) is 12.8 Å². The van der Waals surface area contributed by atoms with Crippen molar-refractivity contribution in [2.45, 2.75) is 19.4 Å². The Hall–Kier alpha value is -3.37. The summed E-state index contributed by atoms with van der Waals surface area (Å²) in [5, 5.41) is 21.3. The third-order valence-corrected chi connectivity index (χ3v) is 4.62. The van der Waals surface area contributed by atoms with E-state index in [0.717, 1.165) is 19.4 Å². The number of piperidine rings is 1. The van der Waals surface area contributed by atoms with Crippen molar-refractivity contribution in [1.82, 2.24) is 40.1 Å². The zero-order chi connectivity index (χ0) is 18.6. The van der Waals surface area contributed by atoms with E-state index in [1.54, 1.807) is 15.8 Å². The summed E-state index contributed by atoms with van der Waals surface area (Å²) in [7, 11) is 0. The molecule has 27 heavy (non-hydrogen) atoms. The number of benzene rings is 1. The van der Waals surface area contributed by atoms with Crippen LogP contribution < -0.4 is 5.32 Å². The van der Waals surface area contributed by atoms with Crippen LogP contribution >= 0.6 is 0 Å². The monoisotopic (exact) mass is 371 g/mol. The summed E-state index contributed by atoms with van der Waals surface area (Å²) in [6.45, 7) is 2.01. The number of tetrazole rings is 1. The SMILES string of the molecule is O=C(Nc1cc(-n2cnnn2)ccc1F)N1CCC(Cn2ccnn2)CC1. The maximum Gasteiger partial charge on any atom is 0.321 e. The van der Waals surface area contributed by atoms with Gasteiger partial charge in [-0.3, -0.25) is 4.68 Å². The maximum absolute atomic E-state index is 14.1. The molecule has 1 aliphatic heterocycles. The van der Waals surface area contributed by atoms with Crippen LogP contribution in [-0.4, -0.2) is 59.2 Å². The van der Waals surface area contributed by atoms with Crippen molar-refractivity contribution in [1.29, 1.82) is 0 Å². The van der Waals surface area contributed by atoms with E-state index in [9.17, 15) is 9.18 Å². The Morgan fingerprint density at radius 3 is 2.78 bits per heavy atom. The number of urea groups is 1. The van der Waals surface area contributed by atoms with Gasteiger partial charge >= 0.3 is 6.03 Å². The van der Waals surface area contributed by atoms with Crippen molar-refractivity contribution in [3.63, 3.8) is 0 Å². The fraction of sp³-hybridized carbons (Fsp3) is 0.375. The van der Waals surface area contributed by atoms with Crippen LogP contribution in [0.25, 0.3) is 5.69 Å². The molecule has 140 valence electrons. The molecule has 11 heteroatoms. The minimum atomic E-state index is -0.513. The van der Waals surface area contributed by atoms with E-state index in [0.29, 0.717) is 24.7 Å². The number of hydrogen-bond acceptors (Lipinski definition) is 6. The molecule has 3 aromatic rings. The summed E-state index contributed by atoms with van der Waals surface area (Å²) in [5.74, 6) is -0.0723. The molecule has 1 N–H and O–H groups in total. The quantitative estimate of drug-likeness (QED) is 0.742. The summed E-state index contributed by atoms with van der Waals surface area (Å²) in [4.78, 5) is 14.2. The highest BCUT2D eigenvalue weighted by atomic mass is 19.1. The molecule has 1 saturated heterocycles. The standard InChI is InChI=1S/C16H18FN9O/c17-14-2-1-13(26-11-19-21-23-26)9-15(14)20-16(27)24-6-3-12(4-7-24)10-25-8-5-18-22-25/h1-2,5,8-9,11-12H,3-4,6-7,10H2,(H,20,27). The number of anilines is 1. The van der Waals surface area contributed by atoms with E-state index in [4.69, 9.17) is 0 Å². The van der Waals surface area contributed by atoms with Crippen LogP contribution in [0.2, 0.25) is 0 Å². The number of carbonyl (C=O) groups is 1. The Morgan fingerprint density at radius 1 is 1.22 bits per heavy atom. The van der Waals surface area contributed by atoms with Gasteiger partial charge in [0, 0.05) is 25.8 Å². The topological polar surface area (TPSA) is 107 Å². The van der Waals surface area contributed by atoms with Gasteiger partial charge in [-0.2, -0.15) is 0 Å². The predicted molar refractivity (Wildman–Crippen MR) is 92.4 cm³/mol. The average molecular weight is 371 g/mol. The Kier molecular flexibility index (Phi) is 4.73. The first kappa shape index (κ1) is 17.1. The van der Waals surface area contributed by atoms with Crippen LogP contribution in [0, 0.1) is 11.7 Å². The summed E-state index contributed by atoms with van der Waals surface area (Å²) < 4.78 is 17.3. The molecule has 1 aromatic carbocycles. The van der Waals surface area contributed by atoms with Crippen molar-refractivity contribution >= 4 is 11.7 Å². The second kappa shape index (κ2) is 7.48. The Balaban J connectivity index is 1.36. The minimum absolute atomic E-state index is 0.0951. The molecule has 3 heterocycles. The molecular formula is C16H18FN9O. The summed E-state index contributed by atoms with van der Waals surface area (Å²) >= 11 is 0. The van der Waals surface area contributed by atoms with Crippen molar-refractivity contribution in [2.24, 2.45) is 5.92 Å². The van der Waals surface area contributed by atoms with Gasteiger partial charge in [0.2, 0.25) is 0 Å². The first-order chi connectivity index (χ1) is 13.2. The van der Waals surface area contributed by atoms with Gasteiger partial charge in [-0.25, -0.2) is 13.9 Å². The summed E-state index contributed by atoms with van der Waals surface area (Å²) in [6, 6.07) is 4.00. The Bertz CT molecular complexity index is 889. The molecule has 0 spiro atoms. The van der Waals surface area contributed by atoms with Gasteiger partial charge in [-0.05, 0) is 47.4 Å².